The summed E-state index contributed by atoms with van der Waals surface area (Å²) in [4.78, 5) is 23.4. The predicted octanol–water partition coefficient (Wildman–Crippen LogP) is 2.57. The second-order valence-corrected chi connectivity index (χ2v) is 7.19. The molecular formula is C17H22N4O2S. The SMILES string of the molecule is COc1cccc(CC2CCN(Cc3cnc(NC(C)=O)s3)C2)n1. The summed E-state index contributed by atoms with van der Waals surface area (Å²) >= 11 is 1.54. The van der Waals surface area contributed by atoms with Crippen molar-refractivity contribution in [3.8, 4) is 5.88 Å². The van der Waals surface area contributed by atoms with E-state index < -0.39 is 0 Å². The van der Waals surface area contributed by atoms with Crippen molar-refractivity contribution in [1.29, 1.82) is 0 Å². The summed E-state index contributed by atoms with van der Waals surface area (Å²) in [6.45, 7) is 4.53. The van der Waals surface area contributed by atoms with Gasteiger partial charge >= 0.3 is 0 Å². The maximum atomic E-state index is 11.1. The number of aromatic nitrogens is 2. The number of hydrogen-bond acceptors (Lipinski definition) is 6. The molecule has 1 atom stereocenters. The minimum atomic E-state index is -0.0806. The first kappa shape index (κ1) is 16.9. The van der Waals surface area contributed by atoms with Crippen molar-refractivity contribution in [1.82, 2.24) is 14.9 Å². The van der Waals surface area contributed by atoms with Crippen LogP contribution < -0.4 is 10.1 Å². The number of likely N-dealkylation sites (tertiary alicyclic amines) is 1. The number of carbonyl (C=O) groups excluding carboxylic acids is 1. The van der Waals surface area contributed by atoms with E-state index in [0.29, 0.717) is 16.9 Å². The van der Waals surface area contributed by atoms with Crippen LogP contribution >= 0.6 is 11.3 Å². The molecule has 0 bridgehead atoms. The number of nitrogens with zero attached hydrogens (tertiary/aromatic N) is 3. The van der Waals surface area contributed by atoms with Crippen molar-refractivity contribution in [2.45, 2.75) is 26.3 Å². The van der Waals surface area contributed by atoms with Crippen molar-refractivity contribution >= 4 is 22.4 Å². The van der Waals surface area contributed by atoms with E-state index in [-0.39, 0.29) is 5.91 Å². The fourth-order valence-corrected chi connectivity index (χ4v) is 3.91. The lowest BCUT2D eigenvalue weighted by Crippen LogP contribution is -2.20. The lowest BCUT2D eigenvalue weighted by Gasteiger charge is -2.14. The quantitative estimate of drug-likeness (QED) is 0.871. The molecule has 0 spiro atoms. The maximum Gasteiger partial charge on any atom is 0.223 e. The molecule has 6 nitrogen and oxygen atoms in total. The Morgan fingerprint density at radius 1 is 1.50 bits per heavy atom. The zero-order chi connectivity index (χ0) is 16.9. The van der Waals surface area contributed by atoms with E-state index >= 15 is 0 Å². The molecule has 2 aromatic rings. The molecule has 0 aromatic carbocycles. The van der Waals surface area contributed by atoms with E-state index in [4.69, 9.17) is 4.74 Å². The number of pyridine rings is 1. The molecule has 1 unspecified atom stereocenters. The normalized spacial score (nSPS) is 17.8. The van der Waals surface area contributed by atoms with Gasteiger partial charge in [0.1, 0.15) is 0 Å². The predicted molar refractivity (Wildman–Crippen MR) is 94.3 cm³/mol. The van der Waals surface area contributed by atoms with Crippen LogP contribution in [0.5, 0.6) is 5.88 Å². The van der Waals surface area contributed by atoms with Crippen molar-refractivity contribution < 1.29 is 9.53 Å². The molecule has 24 heavy (non-hydrogen) atoms. The number of hydrogen-bond donors (Lipinski definition) is 1. The molecule has 128 valence electrons. The zero-order valence-electron chi connectivity index (χ0n) is 14.0. The summed E-state index contributed by atoms with van der Waals surface area (Å²) in [5.74, 6) is 1.22. The third-order valence-corrected chi connectivity index (χ3v) is 4.97. The highest BCUT2D eigenvalue weighted by atomic mass is 32.1. The van der Waals surface area contributed by atoms with Gasteiger partial charge in [-0.25, -0.2) is 9.97 Å². The number of carbonyl (C=O) groups is 1. The van der Waals surface area contributed by atoms with Gasteiger partial charge in [-0.1, -0.05) is 6.07 Å². The number of nitrogens with one attached hydrogen (secondary N) is 1. The Balaban J connectivity index is 1.51. The van der Waals surface area contributed by atoms with Gasteiger partial charge in [0.15, 0.2) is 5.13 Å². The third kappa shape index (κ3) is 4.52. The molecule has 1 saturated heterocycles. The van der Waals surface area contributed by atoms with Gasteiger partial charge in [-0.15, -0.1) is 11.3 Å². The van der Waals surface area contributed by atoms with Gasteiger partial charge in [0.2, 0.25) is 11.8 Å². The molecular weight excluding hydrogens is 324 g/mol. The van der Waals surface area contributed by atoms with Crippen LogP contribution in [0.2, 0.25) is 0 Å². The maximum absolute atomic E-state index is 11.1. The van der Waals surface area contributed by atoms with Crippen molar-refractivity contribution in [3.63, 3.8) is 0 Å². The molecule has 3 heterocycles. The first-order chi connectivity index (χ1) is 11.6. The highest BCUT2D eigenvalue weighted by Gasteiger charge is 2.23. The molecule has 1 aliphatic rings. The number of amides is 1. The lowest BCUT2D eigenvalue weighted by atomic mass is 10.0. The van der Waals surface area contributed by atoms with Crippen molar-refractivity contribution in [3.05, 3.63) is 35.0 Å². The number of rotatable bonds is 6. The molecule has 7 heteroatoms. The van der Waals surface area contributed by atoms with E-state index in [1.807, 2.05) is 18.3 Å². The van der Waals surface area contributed by atoms with Crippen LogP contribution in [0, 0.1) is 5.92 Å². The Morgan fingerprint density at radius 2 is 2.38 bits per heavy atom. The van der Waals surface area contributed by atoms with Crippen LogP contribution in [-0.2, 0) is 17.8 Å². The van der Waals surface area contributed by atoms with E-state index in [1.165, 1.54) is 18.2 Å². The molecule has 1 fully saturated rings. The first-order valence-corrected chi connectivity index (χ1v) is 8.88. The van der Waals surface area contributed by atoms with Gasteiger partial charge in [0.05, 0.1) is 7.11 Å². The van der Waals surface area contributed by atoms with Gasteiger partial charge in [-0.05, 0) is 31.4 Å². The summed E-state index contributed by atoms with van der Waals surface area (Å²) < 4.78 is 5.19. The molecule has 1 amide bonds. The van der Waals surface area contributed by atoms with E-state index in [0.717, 1.165) is 31.7 Å². The van der Waals surface area contributed by atoms with Crippen LogP contribution in [-0.4, -0.2) is 41.0 Å². The third-order valence-electron chi connectivity index (χ3n) is 4.07. The van der Waals surface area contributed by atoms with Gasteiger partial charge in [0, 0.05) is 42.8 Å². The molecule has 1 N–H and O–H groups in total. The minimum Gasteiger partial charge on any atom is -0.481 e. The Labute approximate surface area is 145 Å². The Bertz CT molecular complexity index is 703. The van der Waals surface area contributed by atoms with Crippen molar-refractivity contribution in [2.24, 2.45) is 5.92 Å². The molecule has 1 aliphatic heterocycles. The van der Waals surface area contributed by atoms with Crippen LogP contribution in [0.25, 0.3) is 0 Å². The molecule has 0 aliphatic carbocycles. The van der Waals surface area contributed by atoms with Gasteiger partial charge in [-0.2, -0.15) is 0 Å². The average Bonchev–Trinajstić information content (AvgIpc) is 3.17. The fraction of sp³-hybridized carbons (Fsp3) is 0.471. The molecule has 0 radical (unpaired) electrons. The molecule has 2 aromatic heterocycles. The summed E-state index contributed by atoms with van der Waals surface area (Å²) in [7, 11) is 1.65. The van der Waals surface area contributed by atoms with Gasteiger partial charge < -0.3 is 10.1 Å². The summed E-state index contributed by atoms with van der Waals surface area (Å²) in [6, 6.07) is 5.93. The van der Waals surface area contributed by atoms with Crippen molar-refractivity contribution in [2.75, 3.05) is 25.5 Å². The second kappa shape index (κ2) is 7.72. The molecule has 0 saturated carbocycles. The van der Waals surface area contributed by atoms with E-state index in [2.05, 4.69) is 26.3 Å². The lowest BCUT2D eigenvalue weighted by molar-refractivity contribution is -0.114. The van der Waals surface area contributed by atoms with Crippen LogP contribution in [0.1, 0.15) is 23.9 Å². The largest absolute Gasteiger partial charge is 0.481 e. The minimum absolute atomic E-state index is 0.0806. The highest BCUT2D eigenvalue weighted by molar-refractivity contribution is 7.15. The number of methoxy groups -OCH3 is 1. The summed E-state index contributed by atoms with van der Waals surface area (Å²) in [5, 5.41) is 3.41. The zero-order valence-corrected chi connectivity index (χ0v) is 14.8. The highest BCUT2D eigenvalue weighted by Crippen LogP contribution is 2.25. The Morgan fingerprint density at radius 3 is 3.17 bits per heavy atom. The monoisotopic (exact) mass is 346 g/mol. The number of thiazole rings is 1. The van der Waals surface area contributed by atoms with Crippen LogP contribution in [0.15, 0.2) is 24.4 Å². The average molecular weight is 346 g/mol. The first-order valence-electron chi connectivity index (χ1n) is 8.07. The Hall–Kier alpha value is -1.99. The van der Waals surface area contributed by atoms with Gasteiger partial charge in [-0.3, -0.25) is 9.69 Å². The molecule has 3 rings (SSSR count). The second-order valence-electron chi connectivity index (χ2n) is 6.08. The smallest absolute Gasteiger partial charge is 0.223 e. The number of ether oxygens (including phenoxy) is 1. The summed E-state index contributed by atoms with van der Waals surface area (Å²) in [5.41, 5.74) is 1.09. The number of anilines is 1. The van der Waals surface area contributed by atoms with E-state index in [1.54, 1.807) is 18.4 Å². The Kier molecular flexibility index (Phi) is 5.42. The summed E-state index contributed by atoms with van der Waals surface area (Å²) in [6.07, 6.45) is 4.01. The topological polar surface area (TPSA) is 67.3 Å². The van der Waals surface area contributed by atoms with Gasteiger partial charge in [0.25, 0.3) is 0 Å². The fourth-order valence-electron chi connectivity index (χ4n) is 3.01. The van der Waals surface area contributed by atoms with Crippen LogP contribution in [0.3, 0.4) is 0 Å². The van der Waals surface area contributed by atoms with E-state index in [9.17, 15) is 4.79 Å². The van der Waals surface area contributed by atoms with Crippen LogP contribution in [0.4, 0.5) is 5.13 Å². The standard InChI is InChI=1S/C17H22N4O2S/c1-12(22)19-17-18-9-15(24-17)11-21-7-6-13(10-21)8-14-4-3-5-16(20-14)23-2/h3-5,9,13H,6-8,10-11H2,1-2H3,(H,18,19,22).